The van der Waals surface area contributed by atoms with E-state index >= 15 is 0 Å². The molecule has 2 aliphatic rings. The molecule has 2 atom stereocenters. The second kappa shape index (κ2) is 6.23. The molecule has 1 aromatic carbocycles. The van der Waals surface area contributed by atoms with E-state index in [1.54, 1.807) is 18.2 Å². The molecule has 2 aliphatic heterocycles. The van der Waals surface area contributed by atoms with E-state index in [4.69, 9.17) is 9.47 Å². The number of ether oxygens (including phenoxy) is 2. The molecular formula is C15H20N2O6S. The zero-order valence-electron chi connectivity index (χ0n) is 13.5. The van der Waals surface area contributed by atoms with Gasteiger partial charge in [0.25, 0.3) is 5.91 Å². The highest BCUT2D eigenvalue weighted by molar-refractivity contribution is 7.89. The lowest BCUT2D eigenvalue weighted by Gasteiger charge is -2.18. The van der Waals surface area contributed by atoms with Crippen LogP contribution in [0.5, 0.6) is 11.5 Å². The number of likely N-dealkylation sites (tertiary alicyclic amines) is 1. The van der Waals surface area contributed by atoms with Crippen LogP contribution in [0.2, 0.25) is 0 Å². The number of aliphatic hydroxyl groups excluding tert-OH is 1. The molecule has 24 heavy (non-hydrogen) atoms. The average Bonchev–Trinajstić information content (AvgIpc) is 3.12. The number of nitrogens with zero attached hydrogens (tertiary/aromatic N) is 2. The SMILES string of the molecule is CN(C)S(=O)(=O)C[C@@H]1CN(C(=O)c2ccc3c(c2)OCO3)C[C@H]1O. The summed E-state index contributed by atoms with van der Waals surface area (Å²) >= 11 is 0. The van der Waals surface area contributed by atoms with E-state index in [1.165, 1.54) is 19.0 Å². The number of benzene rings is 1. The van der Waals surface area contributed by atoms with Gasteiger partial charge in [0, 0.05) is 38.7 Å². The van der Waals surface area contributed by atoms with E-state index in [2.05, 4.69) is 0 Å². The van der Waals surface area contributed by atoms with Crippen molar-refractivity contribution in [2.75, 3.05) is 39.7 Å². The molecule has 0 spiro atoms. The molecule has 0 bridgehead atoms. The number of hydrogen-bond donors (Lipinski definition) is 1. The highest BCUT2D eigenvalue weighted by atomic mass is 32.2. The van der Waals surface area contributed by atoms with Crippen molar-refractivity contribution in [3.8, 4) is 11.5 Å². The third-order valence-electron chi connectivity index (χ3n) is 4.29. The van der Waals surface area contributed by atoms with Crippen molar-refractivity contribution < 1.29 is 27.8 Å². The second-order valence-corrected chi connectivity index (χ2v) is 8.39. The normalized spacial score (nSPS) is 23.1. The summed E-state index contributed by atoms with van der Waals surface area (Å²) in [7, 11) is -0.536. The highest BCUT2D eigenvalue weighted by Crippen LogP contribution is 2.33. The van der Waals surface area contributed by atoms with E-state index in [1.807, 2.05) is 0 Å². The number of β-amino-alcohol motifs (C(OH)–C–C–N with tert-alkyl or cyclic N) is 1. The first-order valence-electron chi connectivity index (χ1n) is 7.55. The Hall–Kier alpha value is -1.84. The molecule has 9 heteroatoms. The fraction of sp³-hybridized carbons (Fsp3) is 0.533. The van der Waals surface area contributed by atoms with Crippen molar-refractivity contribution in [3.05, 3.63) is 23.8 Å². The topological polar surface area (TPSA) is 96.4 Å². The summed E-state index contributed by atoms with van der Waals surface area (Å²) in [6.45, 7) is 0.433. The first-order valence-corrected chi connectivity index (χ1v) is 9.16. The third kappa shape index (κ3) is 3.19. The molecule has 1 N–H and O–H groups in total. The van der Waals surface area contributed by atoms with Crippen molar-refractivity contribution in [1.82, 2.24) is 9.21 Å². The van der Waals surface area contributed by atoms with E-state index in [9.17, 15) is 18.3 Å². The molecule has 2 heterocycles. The van der Waals surface area contributed by atoms with Crippen LogP contribution >= 0.6 is 0 Å². The Balaban J connectivity index is 1.71. The maximum Gasteiger partial charge on any atom is 0.254 e. The number of aliphatic hydroxyl groups is 1. The molecule has 0 radical (unpaired) electrons. The van der Waals surface area contributed by atoms with Crippen molar-refractivity contribution in [1.29, 1.82) is 0 Å². The van der Waals surface area contributed by atoms with Gasteiger partial charge < -0.3 is 19.5 Å². The van der Waals surface area contributed by atoms with Crippen LogP contribution < -0.4 is 9.47 Å². The van der Waals surface area contributed by atoms with Gasteiger partial charge in [-0.2, -0.15) is 0 Å². The fourth-order valence-electron chi connectivity index (χ4n) is 2.82. The second-order valence-electron chi connectivity index (χ2n) is 6.17. The Morgan fingerprint density at radius 3 is 2.71 bits per heavy atom. The lowest BCUT2D eigenvalue weighted by molar-refractivity contribution is 0.0764. The molecule has 8 nitrogen and oxygen atoms in total. The smallest absolute Gasteiger partial charge is 0.254 e. The number of sulfonamides is 1. The predicted octanol–water partition coefficient (Wildman–Crippen LogP) is -0.260. The Kier molecular flexibility index (Phi) is 4.41. The molecular weight excluding hydrogens is 336 g/mol. The van der Waals surface area contributed by atoms with Gasteiger partial charge in [0.2, 0.25) is 16.8 Å². The number of amides is 1. The molecule has 1 amide bonds. The van der Waals surface area contributed by atoms with Crippen LogP contribution in [0.4, 0.5) is 0 Å². The van der Waals surface area contributed by atoms with Crippen molar-refractivity contribution in [2.45, 2.75) is 6.10 Å². The number of rotatable bonds is 4. The van der Waals surface area contributed by atoms with Gasteiger partial charge in [0.1, 0.15) is 0 Å². The first-order chi connectivity index (χ1) is 11.3. The lowest BCUT2D eigenvalue weighted by Crippen LogP contribution is -2.33. The molecule has 132 valence electrons. The van der Waals surface area contributed by atoms with Crippen LogP contribution in [-0.4, -0.2) is 74.5 Å². The average molecular weight is 356 g/mol. The molecule has 3 rings (SSSR count). The van der Waals surface area contributed by atoms with Gasteiger partial charge in [0.05, 0.1) is 11.9 Å². The monoisotopic (exact) mass is 356 g/mol. The number of carbonyl (C=O) groups is 1. The van der Waals surface area contributed by atoms with E-state index in [-0.39, 0.29) is 31.5 Å². The van der Waals surface area contributed by atoms with Gasteiger partial charge in [-0.3, -0.25) is 4.79 Å². The van der Waals surface area contributed by atoms with Crippen LogP contribution in [0.1, 0.15) is 10.4 Å². The van der Waals surface area contributed by atoms with Gasteiger partial charge in [-0.25, -0.2) is 12.7 Å². The van der Waals surface area contributed by atoms with Crippen molar-refractivity contribution >= 4 is 15.9 Å². The van der Waals surface area contributed by atoms with E-state index in [0.717, 1.165) is 4.31 Å². The Labute approximate surface area is 140 Å². The molecule has 1 saturated heterocycles. The van der Waals surface area contributed by atoms with Gasteiger partial charge >= 0.3 is 0 Å². The van der Waals surface area contributed by atoms with Gasteiger partial charge in [-0.15, -0.1) is 0 Å². The van der Waals surface area contributed by atoms with Crippen LogP contribution in [0.3, 0.4) is 0 Å². The fourth-order valence-corrected chi connectivity index (χ4v) is 3.98. The summed E-state index contributed by atoms with van der Waals surface area (Å²) in [5, 5.41) is 10.1. The van der Waals surface area contributed by atoms with Crippen LogP contribution in [0.15, 0.2) is 18.2 Å². The molecule has 1 fully saturated rings. The predicted molar refractivity (Wildman–Crippen MR) is 85.4 cm³/mol. The third-order valence-corrected chi connectivity index (χ3v) is 6.26. The summed E-state index contributed by atoms with van der Waals surface area (Å²) in [4.78, 5) is 14.1. The largest absolute Gasteiger partial charge is 0.454 e. The van der Waals surface area contributed by atoms with Crippen LogP contribution in [0.25, 0.3) is 0 Å². The van der Waals surface area contributed by atoms with E-state index in [0.29, 0.717) is 17.1 Å². The molecule has 1 aromatic rings. The molecule has 0 unspecified atom stereocenters. The Morgan fingerprint density at radius 1 is 1.29 bits per heavy atom. The van der Waals surface area contributed by atoms with Gasteiger partial charge in [0.15, 0.2) is 11.5 Å². The number of fused-ring (bicyclic) bond motifs is 1. The highest BCUT2D eigenvalue weighted by Gasteiger charge is 2.37. The van der Waals surface area contributed by atoms with Crippen LogP contribution in [0, 0.1) is 5.92 Å². The first kappa shape index (κ1) is 17.0. The van der Waals surface area contributed by atoms with Gasteiger partial charge in [-0.05, 0) is 18.2 Å². The number of hydrogen-bond acceptors (Lipinski definition) is 6. The number of carbonyl (C=O) groups excluding carboxylic acids is 1. The van der Waals surface area contributed by atoms with Crippen molar-refractivity contribution in [3.63, 3.8) is 0 Å². The van der Waals surface area contributed by atoms with Crippen LogP contribution in [-0.2, 0) is 10.0 Å². The standard InChI is InChI=1S/C15H20N2O6S/c1-16(2)24(20,21)8-11-6-17(7-12(11)18)15(19)10-3-4-13-14(5-10)23-9-22-13/h3-5,11-12,18H,6-9H2,1-2H3/t11-,12+/m0/s1. The minimum Gasteiger partial charge on any atom is -0.454 e. The van der Waals surface area contributed by atoms with E-state index < -0.39 is 22.0 Å². The summed E-state index contributed by atoms with van der Waals surface area (Å²) in [6.07, 6.45) is -0.863. The zero-order valence-corrected chi connectivity index (χ0v) is 14.3. The Bertz CT molecular complexity index is 748. The van der Waals surface area contributed by atoms with Gasteiger partial charge in [-0.1, -0.05) is 0 Å². The quantitative estimate of drug-likeness (QED) is 0.798. The molecule has 0 aliphatic carbocycles. The summed E-state index contributed by atoms with van der Waals surface area (Å²) in [6, 6.07) is 4.89. The lowest BCUT2D eigenvalue weighted by atomic mass is 10.1. The minimum atomic E-state index is -3.44. The molecule has 0 aromatic heterocycles. The maximum atomic E-state index is 12.6. The summed E-state index contributed by atoms with van der Waals surface area (Å²) < 4.78 is 35.6. The maximum absolute atomic E-state index is 12.6. The molecule has 0 saturated carbocycles. The summed E-state index contributed by atoms with van der Waals surface area (Å²) in [5.74, 6) is 0.134. The zero-order chi connectivity index (χ0) is 17.5. The minimum absolute atomic E-state index is 0.112. The van der Waals surface area contributed by atoms with Crippen molar-refractivity contribution in [2.24, 2.45) is 5.92 Å². The Morgan fingerprint density at radius 2 is 2.00 bits per heavy atom. The summed E-state index contributed by atoms with van der Waals surface area (Å²) in [5.41, 5.74) is 0.419.